The Morgan fingerprint density at radius 1 is 1.50 bits per heavy atom. The number of hydrogen-bond acceptors (Lipinski definition) is 5. The van der Waals surface area contributed by atoms with Gasteiger partial charge in [0.1, 0.15) is 5.75 Å². The Morgan fingerprint density at radius 3 is 2.80 bits per heavy atom. The molecular formula is C14H17N3O2S. The summed E-state index contributed by atoms with van der Waals surface area (Å²) in [5, 5.41) is 3.38. The Morgan fingerprint density at radius 2 is 2.25 bits per heavy atom. The largest absolute Gasteiger partial charge is 0.497 e. The zero-order valence-corrected chi connectivity index (χ0v) is 12.5. The molecule has 0 bridgehead atoms. The van der Waals surface area contributed by atoms with Crippen molar-refractivity contribution in [1.82, 2.24) is 4.98 Å². The molecule has 0 saturated carbocycles. The van der Waals surface area contributed by atoms with E-state index in [2.05, 4.69) is 10.3 Å². The van der Waals surface area contributed by atoms with E-state index in [0.717, 1.165) is 17.0 Å². The summed E-state index contributed by atoms with van der Waals surface area (Å²) in [6.45, 7) is 4.03. The SMILES string of the molecule is CCc1nc(NC(=O)c2ccc(OC)cc2N)sc1C. The van der Waals surface area contributed by atoms with Gasteiger partial charge in [-0.1, -0.05) is 6.92 Å². The van der Waals surface area contributed by atoms with Gasteiger partial charge in [0.05, 0.1) is 18.4 Å². The summed E-state index contributed by atoms with van der Waals surface area (Å²) >= 11 is 1.47. The van der Waals surface area contributed by atoms with Crippen molar-refractivity contribution in [3.05, 3.63) is 34.3 Å². The van der Waals surface area contributed by atoms with Crippen LogP contribution in [0.2, 0.25) is 0 Å². The van der Waals surface area contributed by atoms with Gasteiger partial charge in [0.2, 0.25) is 0 Å². The van der Waals surface area contributed by atoms with Crippen LogP contribution in [0.25, 0.3) is 0 Å². The Balaban J connectivity index is 2.19. The van der Waals surface area contributed by atoms with E-state index < -0.39 is 0 Å². The molecule has 0 spiro atoms. The zero-order valence-electron chi connectivity index (χ0n) is 11.7. The molecule has 106 valence electrons. The molecule has 0 radical (unpaired) electrons. The molecular weight excluding hydrogens is 274 g/mol. The molecule has 0 saturated heterocycles. The predicted molar refractivity (Wildman–Crippen MR) is 81.6 cm³/mol. The van der Waals surface area contributed by atoms with Crippen molar-refractivity contribution in [1.29, 1.82) is 0 Å². The molecule has 1 aromatic heterocycles. The molecule has 0 atom stereocenters. The second kappa shape index (κ2) is 5.92. The number of carbonyl (C=O) groups is 1. The van der Waals surface area contributed by atoms with Crippen LogP contribution < -0.4 is 15.8 Å². The molecule has 3 N–H and O–H groups in total. The Bertz CT molecular complexity index is 637. The summed E-state index contributed by atoms with van der Waals surface area (Å²) in [4.78, 5) is 17.7. The highest BCUT2D eigenvalue weighted by Gasteiger charge is 2.13. The number of rotatable bonds is 4. The van der Waals surface area contributed by atoms with Gasteiger partial charge in [-0.25, -0.2) is 4.98 Å². The van der Waals surface area contributed by atoms with Crippen LogP contribution >= 0.6 is 11.3 Å². The highest BCUT2D eigenvalue weighted by molar-refractivity contribution is 7.15. The molecule has 2 rings (SSSR count). The number of benzene rings is 1. The van der Waals surface area contributed by atoms with Gasteiger partial charge in [-0.05, 0) is 25.5 Å². The van der Waals surface area contributed by atoms with Crippen molar-refractivity contribution < 1.29 is 9.53 Å². The zero-order chi connectivity index (χ0) is 14.7. The minimum Gasteiger partial charge on any atom is -0.497 e. The topological polar surface area (TPSA) is 77.2 Å². The monoisotopic (exact) mass is 291 g/mol. The number of aryl methyl sites for hydroxylation is 2. The van der Waals surface area contributed by atoms with Crippen LogP contribution in [0.4, 0.5) is 10.8 Å². The first-order valence-corrected chi connectivity index (χ1v) is 7.08. The van der Waals surface area contributed by atoms with Crippen molar-refractivity contribution >= 4 is 28.1 Å². The van der Waals surface area contributed by atoms with Crippen LogP contribution in [0.15, 0.2) is 18.2 Å². The fraction of sp³-hybridized carbons (Fsp3) is 0.286. The summed E-state index contributed by atoms with van der Waals surface area (Å²) in [6, 6.07) is 4.97. The molecule has 6 heteroatoms. The third-order valence-electron chi connectivity index (χ3n) is 2.95. The molecule has 0 aliphatic carbocycles. The molecule has 0 aliphatic rings. The van der Waals surface area contributed by atoms with Crippen LogP contribution in [0.3, 0.4) is 0 Å². The van der Waals surface area contributed by atoms with Crippen LogP contribution in [-0.2, 0) is 6.42 Å². The van der Waals surface area contributed by atoms with Crippen LogP contribution in [0, 0.1) is 6.92 Å². The fourth-order valence-electron chi connectivity index (χ4n) is 1.85. The number of nitrogens with two attached hydrogens (primary N) is 1. The number of aromatic nitrogens is 1. The molecule has 0 fully saturated rings. The lowest BCUT2D eigenvalue weighted by atomic mass is 10.1. The minimum atomic E-state index is -0.262. The van der Waals surface area contributed by atoms with E-state index in [0.29, 0.717) is 22.1 Å². The van der Waals surface area contributed by atoms with Crippen LogP contribution in [-0.4, -0.2) is 18.0 Å². The van der Waals surface area contributed by atoms with Gasteiger partial charge in [-0.15, -0.1) is 11.3 Å². The quantitative estimate of drug-likeness (QED) is 0.849. The molecule has 0 aliphatic heterocycles. The fourth-order valence-corrected chi connectivity index (χ4v) is 2.75. The number of nitrogens with zero attached hydrogens (tertiary/aromatic N) is 1. The maximum absolute atomic E-state index is 12.2. The third-order valence-corrected chi connectivity index (χ3v) is 3.88. The number of amides is 1. The van der Waals surface area contributed by atoms with E-state index in [-0.39, 0.29) is 5.91 Å². The smallest absolute Gasteiger partial charge is 0.259 e. The van der Waals surface area contributed by atoms with Crippen molar-refractivity contribution in [2.24, 2.45) is 0 Å². The van der Waals surface area contributed by atoms with Gasteiger partial charge in [0.25, 0.3) is 5.91 Å². The third kappa shape index (κ3) is 2.91. The number of nitrogen functional groups attached to an aromatic ring is 1. The Labute approximate surface area is 121 Å². The Hall–Kier alpha value is -2.08. The van der Waals surface area contributed by atoms with E-state index >= 15 is 0 Å². The van der Waals surface area contributed by atoms with Gasteiger partial charge in [0, 0.05) is 16.6 Å². The summed E-state index contributed by atoms with van der Waals surface area (Å²) < 4.78 is 5.06. The second-order valence-corrected chi connectivity index (χ2v) is 5.49. The first-order valence-electron chi connectivity index (χ1n) is 6.26. The number of carbonyl (C=O) groups excluding carboxylic acids is 1. The molecule has 1 amide bonds. The number of hydrogen-bond donors (Lipinski definition) is 2. The molecule has 20 heavy (non-hydrogen) atoms. The number of methoxy groups -OCH3 is 1. The number of anilines is 2. The molecule has 2 aromatic rings. The van der Waals surface area contributed by atoms with Gasteiger partial charge in [-0.3, -0.25) is 10.1 Å². The maximum atomic E-state index is 12.2. The number of nitrogens with one attached hydrogen (secondary N) is 1. The predicted octanol–water partition coefficient (Wildman–Crippen LogP) is 2.86. The Kier molecular flexibility index (Phi) is 4.24. The summed E-state index contributed by atoms with van der Waals surface area (Å²) in [5.74, 6) is 0.360. The second-order valence-electron chi connectivity index (χ2n) is 4.28. The minimum absolute atomic E-state index is 0.262. The van der Waals surface area contributed by atoms with Crippen LogP contribution in [0.5, 0.6) is 5.75 Å². The lowest BCUT2D eigenvalue weighted by Gasteiger charge is -2.07. The van der Waals surface area contributed by atoms with Crippen molar-refractivity contribution in [3.63, 3.8) is 0 Å². The van der Waals surface area contributed by atoms with E-state index in [4.69, 9.17) is 10.5 Å². The van der Waals surface area contributed by atoms with Crippen LogP contribution in [0.1, 0.15) is 27.9 Å². The summed E-state index contributed by atoms with van der Waals surface area (Å²) in [6.07, 6.45) is 0.850. The van der Waals surface area contributed by atoms with E-state index in [1.165, 1.54) is 11.3 Å². The average Bonchev–Trinajstić information content (AvgIpc) is 2.78. The lowest BCUT2D eigenvalue weighted by molar-refractivity contribution is 0.102. The maximum Gasteiger partial charge on any atom is 0.259 e. The van der Waals surface area contributed by atoms with E-state index in [1.807, 2.05) is 13.8 Å². The van der Waals surface area contributed by atoms with E-state index in [9.17, 15) is 4.79 Å². The standard InChI is InChI=1S/C14H17N3O2S/c1-4-12-8(2)20-14(16-12)17-13(18)10-6-5-9(19-3)7-11(10)15/h5-7H,4,15H2,1-3H3,(H,16,17,18). The average molecular weight is 291 g/mol. The van der Waals surface area contributed by atoms with Gasteiger partial charge < -0.3 is 10.5 Å². The number of thiazole rings is 1. The van der Waals surface area contributed by atoms with E-state index in [1.54, 1.807) is 25.3 Å². The summed E-state index contributed by atoms with van der Waals surface area (Å²) in [5.41, 5.74) is 7.66. The van der Waals surface area contributed by atoms with Gasteiger partial charge >= 0.3 is 0 Å². The number of ether oxygens (including phenoxy) is 1. The summed E-state index contributed by atoms with van der Waals surface area (Å²) in [7, 11) is 1.55. The molecule has 1 aromatic carbocycles. The molecule has 0 unspecified atom stereocenters. The normalized spacial score (nSPS) is 10.3. The molecule has 5 nitrogen and oxygen atoms in total. The van der Waals surface area contributed by atoms with Crippen molar-refractivity contribution in [2.75, 3.05) is 18.2 Å². The van der Waals surface area contributed by atoms with Gasteiger partial charge in [-0.2, -0.15) is 0 Å². The highest BCUT2D eigenvalue weighted by Crippen LogP contribution is 2.25. The first kappa shape index (κ1) is 14.3. The molecule has 1 heterocycles. The highest BCUT2D eigenvalue weighted by atomic mass is 32.1. The lowest BCUT2D eigenvalue weighted by Crippen LogP contribution is -2.14. The van der Waals surface area contributed by atoms with Crippen molar-refractivity contribution in [2.45, 2.75) is 20.3 Å². The van der Waals surface area contributed by atoms with Crippen molar-refractivity contribution in [3.8, 4) is 5.75 Å². The first-order chi connectivity index (χ1) is 9.55. The van der Waals surface area contributed by atoms with Gasteiger partial charge in [0.15, 0.2) is 5.13 Å².